The summed E-state index contributed by atoms with van der Waals surface area (Å²) in [6, 6.07) is 7.50. The maximum Gasteiger partial charge on any atom is 0.123 e. The van der Waals surface area contributed by atoms with Crippen LogP contribution in [0, 0.1) is 23.6 Å². The molecule has 0 heterocycles. The maximum absolute atomic E-state index is 13.1. The number of halogens is 1. The first-order valence-corrected chi connectivity index (χ1v) is 8.25. The quantitative estimate of drug-likeness (QED) is 0.794. The zero-order chi connectivity index (χ0) is 13.9. The van der Waals surface area contributed by atoms with Crippen LogP contribution in [0.3, 0.4) is 0 Å². The Morgan fingerprint density at radius 3 is 2.60 bits per heavy atom. The highest BCUT2D eigenvalue weighted by molar-refractivity contribution is 5.20. The molecule has 110 valence electrons. The van der Waals surface area contributed by atoms with E-state index in [1.165, 1.54) is 37.7 Å². The fourth-order valence-electron chi connectivity index (χ4n) is 4.32. The van der Waals surface area contributed by atoms with Crippen molar-refractivity contribution < 1.29 is 4.39 Å². The van der Waals surface area contributed by atoms with Crippen LogP contribution >= 0.6 is 0 Å². The van der Waals surface area contributed by atoms with Gasteiger partial charge in [-0.25, -0.2) is 4.39 Å². The molecule has 0 amide bonds. The molecular weight excluding hydrogens is 249 g/mol. The van der Waals surface area contributed by atoms with Crippen LogP contribution in [0.5, 0.6) is 0 Å². The number of benzene rings is 1. The van der Waals surface area contributed by atoms with Crippen LogP contribution in [-0.4, -0.2) is 6.54 Å². The van der Waals surface area contributed by atoms with E-state index in [2.05, 4.69) is 12.2 Å². The van der Waals surface area contributed by atoms with Crippen LogP contribution in [0.15, 0.2) is 24.3 Å². The third kappa shape index (κ3) is 3.06. The molecule has 4 unspecified atom stereocenters. The minimum absolute atomic E-state index is 0.136. The Morgan fingerprint density at radius 2 is 2.00 bits per heavy atom. The smallest absolute Gasteiger partial charge is 0.123 e. The SMILES string of the molecule is CCCNC(CC1CC2CCC1C2)c1ccc(F)cc1. The summed E-state index contributed by atoms with van der Waals surface area (Å²) in [4.78, 5) is 0. The topological polar surface area (TPSA) is 12.0 Å². The summed E-state index contributed by atoms with van der Waals surface area (Å²) in [6.45, 7) is 3.25. The predicted molar refractivity (Wildman–Crippen MR) is 81.0 cm³/mol. The maximum atomic E-state index is 13.1. The molecule has 2 aliphatic rings. The Hall–Kier alpha value is -0.890. The second-order valence-electron chi connectivity index (χ2n) is 6.73. The Morgan fingerprint density at radius 1 is 1.20 bits per heavy atom. The number of nitrogens with one attached hydrogen (secondary N) is 1. The van der Waals surface area contributed by atoms with Crippen LogP contribution in [0.1, 0.15) is 57.1 Å². The lowest BCUT2D eigenvalue weighted by Crippen LogP contribution is -2.26. The van der Waals surface area contributed by atoms with E-state index < -0.39 is 0 Å². The van der Waals surface area contributed by atoms with Crippen LogP contribution in [0.2, 0.25) is 0 Å². The largest absolute Gasteiger partial charge is 0.310 e. The van der Waals surface area contributed by atoms with Crippen LogP contribution < -0.4 is 5.32 Å². The van der Waals surface area contributed by atoms with Gasteiger partial charge in [-0.2, -0.15) is 0 Å². The lowest BCUT2D eigenvalue weighted by atomic mass is 9.82. The molecule has 2 bridgehead atoms. The van der Waals surface area contributed by atoms with Crippen LogP contribution in [0.4, 0.5) is 4.39 Å². The first-order chi connectivity index (χ1) is 9.76. The zero-order valence-electron chi connectivity index (χ0n) is 12.4. The minimum Gasteiger partial charge on any atom is -0.310 e. The molecule has 0 aromatic heterocycles. The number of hydrogen-bond acceptors (Lipinski definition) is 1. The fraction of sp³-hybridized carbons (Fsp3) is 0.667. The molecule has 20 heavy (non-hydrogen) atoms. The van der Waals surface area contributed by atoms with E-state index in [9.17, 15) is 4.39 Å². The van der Waals surface area contributed by atoms with Crippen molar-refractivity contribution in [2.75, 3.05) is 6.54 Å². The summed E-state index contributed by atoms with van der Waals surface area (Å²) in [5.74, 6) is 2.72. The average molecular weight is 275 g/mol. The van der Waals surface area contributed by atoms with Crippen molar-refractivity contribution in [3.63, 3.8) is 0 Å². The van der Waals surface area contributed by atoms with Gasteiger partial charge in [0, 0.05) is 6.04 Å². The van der Waals surface area contributed by atoms with E-state index >= 15 is 0 Å². The van der Waals surface area contributed by atoms with Gasteiger partial charge in [0.05, 0.1) is 0 Å². The molecule has 2 saturated carbocycles. The first kappa shape index (κ1) is 14.1. The van der Waals surface area contributed by atoms with Gasteiger partial charge in [-0.1, -0.05) is 25.5 Å². The summed E-state index contributed by atoms with van der Waals surface area (Å²) >= 11 is 0. The highest BCUT2D eigenvalue weighted by Crippen LogP contribution is 2.50. The molecule has 1 aromatic rings. The second kappa shape index (κ2) is 6.26. The van der Waals surface area contributed by atoms with Crippen molar-refractivity contribution in [2.24, 2.45) is 17.8 Å². The highest BCUT2D eigenvalue weighted by Gasteiger charge is 2.40. The van der Waals surface area contributed by atoms with Gasteiger partial charge >= 0.3 is 0 Å². The number of hydrogen-bond donors (Lipinski definition) is 1. The minimum atomic E-state index is -0.136. The summed E-state index contributed by atoms with van der Waals surface area (Å²) in [7, 11) is 0. The van der Waals surface area contributed by atoms with Crippen molar-refractivity contribution in [2.45, 2.75) is 51.5 Å². The third-order valence-corrected chi connectivity index (χ3v) is 5.34. The number of fused-ring (bicyclic) bond motifs is 2. The molecular formula is C18H26FN. The van der Waals surface area contributed by atoms with Crippen LogP contribution in [0.25, 0.3) is 0 Å². The van der Waals surface area contributed by atoms with Gasteiger partial charge < -0.3 is 5.32 Å². The lowest BCUT2D eigenvalue weighted by molar-refractivity contribution is 0.279. The summed E-state index contributed by atoms with van der Waals surface area (Å²) in [5.41, 5.74) is 1.25. The first-order valence-electron chi connectivity index (χ1n) is 8.25. The summed E-state index contributed by atoms with van der Waals surface area (Å²) in [6.07, 6.45) is 8.18. The van der Waals surface area contributed by atoms with Crippen LogP contribution in [-0.2, 0) is 0 Å². The van der Waals surface area contributed by atoms with Gasteiger partial charge in [-0.3, -0.25) is 0 Å². The lowest BCUT2D eigenvalue weighted by Gasteiger charge is -2.28. The van der Waals surface area contributed by atoms with Crippen molar-refractivity contribution in [3.8, 4) is 0 Å². The van der Waals surface area contributed by atoms with E-state index in [-0.39, 0.29) is 5.82 Å². The van der Waals surface area contributed by atoms with E-state index in [0.717, 1.165) is 30.7 Å². The normalized spacial score (nSPS) is 29.8. The molecule has 3 rings (SSSR count). The van der Waals surface area contributed by atoms with E-state index in [1.54, 1.807) is 12.1 Å². The van der Waals surface area contributed by atoms with Crippen molar-refractivity contribution in [1.29, 1.82) is 0 Å². The Kier molecular flexibility index (Phi) is 4.40. The molecule has 0 radical (unpaired) electrons. The van der Waals surface area contributed by atoms with E-state index in [4.69, 9.17) is 0 Å². The summed E-state index contributed by atoms with van der Waals surface area (Å²) < 4.78 is 13.1. The van der Waals surface area contributed by atoms with Gasteiger partial charge in [0.25, 0.3) is 0 Å². The average Bonchev–Trinajstić information content (AvgIpc) is 3.07. The molecule has 1 N–H and O–H groups in total. The molecule has 4 atom stereocenters. The monoisotopic (exact) mass is 275 g/mol. The molecule has 2 fully saturated rings. The molecule has 1 aromatic carbocycles. The van der Waals surface area contributed by atoms with Gasteiger partial charge in [-0.05, 0) is 74.1 Å². The Bertz CT molecular complexity index is 428. The zero-order valence-corrected chi connectivity index (χ0v) is 12.4. The van der Waals surface area contributed by atoms with Crippen molar-refractivity contribution in [1.82, 2.24) is 5.32 Å². The van der Waals surface area contributed by atoms with Gasteiger partial charge in [0.1, 0.15) is 5.82 Å². The third-order valence-electron chi connectivity index (χ3n) is 5.34. The van der Waals surface area contributed by atoms with Crippen molar-refractivity contribution >= 4 is 0 Å². The molecule has 2 heteroatoms. The summed E-state index contributed by atoms with van der Waals surface area (Å²) in [5, 5.41) is 3.67. The van der Waals surface area contributed by atoms with Gasteiger partial charge in [0.15, 0.2) is 0 Å². The van der Waals surface area contributed by atoms with Crippen molar-refractivity contribution in [3.05, 3.63) is 35.6 Å². The predicted octanol–water partition coefficient (Wildman–Crippen LogP) is 4.69. The standard InChI is InChI=1S/C18H26FN/c1-2-9-20-18(14-5-7-17(19)8-6-14)12-16-11-13-3-4-15(16)10-13/h5-8,13,15-16,18,20H,2-4,9-12H2,1H3. The van der Waals surface area contributed by atoms with Gasteiger partial charge in [0.2, 0.25) is 0 Å². The number of rotatable bonds is 6. The van der Waals surface area contributed by atoms with E-state index in [1.807, 2.05) is 12.1 Å². The molecule has 0 spiro atoms. The highest BCUT2D eigenvalue weighted by atomic mass is 19.1. The molecule has 1 nitrogen and oxygen atoms in total. The Labute approximate surface area is 122 Å². The molecule has 2 aliphatic carbocycles. The molecule has 0 aliphatic heterocycles. The van der Waals surface area contributed by atoms with E-state index in [0.29, 0.717) is 6.04 Å². The second-order valence-corrected chi connectivity index (χ2v) is 6.73. The fourth-order valence-corrected chi connectivity index (χ4v) is 4.32. The Balaban J connectivity index is 1.67. The van der Waals surface area contributed by atoms with Gasteiger partial charge in [-0.15, -0.1) is 0 Å². The molecule has 0 saturated heterocycles.